The first kappa shape index (κ1) is 30.0. The van der Waals surface area contributed by atoms with Crippen molar-refractivity contribution in [2.45, 2.75) is 77.7 Å². The molecule has 0 saturated heterocycles. The molecule has 0 radical (unpaired) electrons. The predicted octanol–water partition coefficient (Wildman–Crippen LogP) is 6.09. The van der Waals surface area contributed by atoms with E-state index >= 15 is 0 Å². The average molecular weight is 498 g/mol. The minimum atomic E-state index is -4.56. The zero-order valence-electron chi connectivity index (χ0n) is 20.4. The Morgan fingerprint density at radius 2 is 1.65 bits per heavy atom. The summed E-state index contributed by atoms with van der Waals surface area (Å²) in [6.07, 6.45) is 12.3. The SMILES string of the molecule is CCCCCCCCCCCOc1cccc(-c2ccnc(OC[C@H](C)OP(=O)(O)O)n2)c1.N. The van der Waals surface area contributed by atoms with E-state index in [4.69, 9.17) is 19.3 Å². The highest BCUT2D eigenvalue weighted by Gasteiger charge is 2.19. The average Bonchev–Trinajstić information content (AvgIpc) is 2.78. The summed E-state index contributed by atoms with van der Waals surface area (Å²) < 4.78 is 26.8. The third-order valence-electron chi connectivity index (χ3n) is 5.04. The zero-order valence-corrected chi connectivity index (χ0v) is 21.3. The van der Waals surface area contributed by atoms with Gasteiger partial charge in [-0.3, -0.25) is 4.52 Å². The Balaban J connectivity index is 0.00000578. The Kier molecular flexibility index (Phi) is 14.6. The molecule has 192 valence electrons. The molecule has 0 saturated carbocycles. The summed E-state index contributed by atoms with van der Waals surface area (Å²) in [5.41, 5.74) is 1.53. The van der Waals surface area contributed by atoms with Crippen molar-refractivity contribution in [1.82, 2.24) is 16.1 Å². The van der Waals surface area contributed by atoms with E-state index in [2.05, 4.69) is 21.4 Å². The fraction of sp³-hybridized carbons (Fsp3) is 0.583. The standard InChI is InChI=1S/C24H37N2O6P.H3N/c1-3-4-5-6-7-8-9-10-11-17-30-22-14-12-13-21(18-22)23-15-16-25-24(26-23)31-19-20(2)32-33(27,28)29;/h12-16,18,20H,3-11,17,19H2,1-2H3,(H2,27,28,29);1H3/t20-;/m0./s1. The van der Waals surface area contributed by atoms with Gasteiger partial charge in [0.05, 0.1) is 12.3 Å². The zero-order chi connectivity index (χ0) is 23.9. The Morgan fingerprint density at radius 3 is 2.32 bits per heavy atom. The van der Waals surface area contributed by atoms with E-state index < -0.39 is 13.9 Å². The summed E-state index contributed by atoms with van der Waals surface area (Å²) in [6.45, 7) is 4.34. The van der Waals surface area contributed by atoms with Gasteiger partial charge in [-0.2, -0.15) is 4.98 Å². The maximum atomic E-state index is 10.9. The summed E-state index contributed by atoms with van der Waals surface area (Å²) in [5, 5.41) is 0. The van der Waals surface area contributed by atoms with E-state index in [0.29, 0.717) is 12.3 Å². The van der Waals surface area contributed by atoms with E-state index in [9.17, 15) is 4.57 Å². The van der Waals surface area contributed by atoms with Gasteiger partial charge in [-0.15, -0.1) is 0 Å². The second-order valence-electron chi connectivity index (χ2n) is 8.15. The third-order valence-corrected chi connectivity index (χ3v) is 5.68. The Hall–Kier alpha value is -2.03. The van der Waals surface area contributed by atoms with Crippen molar-refractivity contribution >= 4 is 7.82 Å². The smallest absolute Gasteiger partial charge is 0.469 e. The third kappa shape index (κ3) is 13.0. The summed E-state index contributed by atoms with van der Waals surface area (Å²) in [7, 11) is -4.56. The molecule has 2 rings (SSSR count). The number of hydrogen-bond donors (Lipinski definition) is 3. The summed E-state index contributed by atoms with van der Waals surface area (Å²) in [5.74, 6) is 0.789. The number of benzene rings is 1. The lowest BCUT2D eigenvalue weighted by Gasteiger charge is -2.14. The van der Waals surface area contributed by atoms with Gasteiger partial charge in [0.2, 0.25) is 0 Å². The highest BCUT2D eigenvalue weighted by molar-refractivity contribution is 7.46. The maximum absolute atomic E-state index is 10.9. The van der Waals surface area contributed by atoms with Gasteiger partial charge in [0.15, 0.2) is 0 Å². The number of unbranched alkanes of at least 4 members (excludes halogenated alkanes) is 8. The molecule has 0 aliphatic heterocycles. The van der Waals surface area contributed by atoms with Crippen LogP contribution >= 0.6 is 7.82 Å². The Bertz CT molecular complexity index is 864. The fourth-order valence-electron chi connectivity index (χ4n) is 3.38. The van der Waals surface area contributed by atoms with Gasteiger partial charge in [0, 0.05) is 11.8 Å². The van der Waals surface area contributed by atoms with Crippen LogP contribution in [0, 0.1) is 0 Å². The van der Waals surface area contributed by atoms with Gasteiger partial charge in [-0.25, -0.2) is 9.55 Å². The van der Waals surface area contributed by atoms with E-state index in [-0.39, 0.29) is 18.8 Å². The van der Waals surface area contributed by atoms with Gasteiger partial charge >= 0.3 is 13.8 Å². The molecular weight excluding hydrogens is 457 g/mol. The van der Waals surface area contributed by atoms with Crippen molar-refractivity contribution in [1.29, 1.82) is 0 Å². The largest absolute Gasteiger partial charge is 0.494 e. The lowest BCUT2D eigenvalue weighted by Crippen LogP contribution is -2.17. The van der Waals surface area contributed by atoms with Crippen molar-refractivity contribution in [3.63, 3.8) is 0 Å². The molecule has 0 fully saturated rings. The topological polar surface area (TPSA) is 146 Å². The highest BCUT2D eigenvalue weighted by atomic mass is 31.2. The molecule has 1 aromatic carbocycles. The van der Waals surface area contributed by atoms with Gasteiger partial charge < -0.3 is 25.4 Å². The van der Waals surface area contributed by atoms with Crippen LogP contribution in [0.5, 0.6) is 11.8 Å². The molecule has 1 atom stereocenters. The van der Waals surface area contributed by atoms with Crippen LogP contribution in [0.25, 0.3) is 11.3 Å². The first-order valence-corrected chi connectivity index (χ1v) is 13.3. The van der Waals surface area contributed by atoms with Gasteiger partial charge in [0.1, 0.15) is 18.5 Å². The highest BCUT2D eigenvalue weighted by Crippen LogP contribution is 2.37. The van der Waals surface area contributed by atoms with Crippen molar-refractivity contribution in [2.75, 3.05) is 13.2 Å². The Labute approximate surface area is 203 Å². The molecule has 2 aromatic rings. The van der Waals surface area contributed by atoms with Gasteiger partial charge in [-0.05, 0) is 31.5 Å². The number of nitrogens with zero attached hydrogens (tertiary/aromatic N) is 2. The second-order valence-corrected chi connectivity index (χ2v) is 9.34. The lowest BCUT2D eigenvalue weighted by molar-refractivity contribution is 0.0973. The molecular formula is C24H40N3O6P. The van der Waals surface area contributed by atoms with Crippen LogP contribution in [0.4, 0.5) is 0 Å². The van der Waals surface area contributed by atoms with Crippen molar-refractivity contribution in [3.8, 4) is 23.0 Å². The lowest BCUT2D eigenvalue weighted by atomic mass is 10.1. The van der Waals surface area contributed by atoms with Gasteiger partial charge in [-0.1, -0.05) is 70.4 Å². The van der Waals surface area contributed by atoms with Crippen LogP contribution in [0.1, 0.15) is 71.6 Å². The van der Waals surface area contributed by atoms with E-state index in [0.717, 1.165) is 17.7 Å². The molecule has 10 heteroatoms. The number of rotatable bonds is 17. The molecule has 0 unspecified atom stereocenters. The van der Waals surface area contributed by atoms with Crippen LogP contribution in [-0.4, -0.2) is 39.1 Å². The molecule has 0 spiro atoms. The van der Waals surface area contributed by atoms with Crippen LogP contribution in [0.15, 0.2) is 36.5 Å². The number of phosphoric acid groups is 1. The van der Waals surface area contributed by atoms with Crippen LogP contribution in [0.2, 0.25) is 0 Å². The second kappa shape index (κ2) is 16.6. The summed E-state index contributed by atoms with van der Waals surface area (Å²) >= 11 is 0. The molecule has 0 aliphatic rings. The summed E-state index contributed by atoms with van der Waals surface area (Å²) in [4.78, 5) is 26.1. The summed E-state index contributed by atoms with van der Waals surface area (Å²) in [6, 6.07) is 9.57. The molecule has 9 nitrogen and oxygen atoms in total. The van der Waals surface area contributed by atoms with Crippen LogP contribution < -0.4 is 15.6 Å². The molecule has 0 aliphatic carbocycles. The monoisotopic (exact) mass is 497 g/mol. The first-order chi connectivity index (χ1) is 15.9. The number of phosphoric ester groups is 1. The Morgan fingerprint density at radius 1 is 0.971 bits per heavy atom. The number of hydrogen-bond acceptors (Lipinski definition) is 7. The van der Waals surface area contributed by atoms with Crippen molar-refractivity contribution < 1.29 is 28.3 Å². The quantitative estimate of drug-likeness (QED) is 0.174. The van der Waals surface area contributed by atoms with E-state index in [1.807, 2.05) is 24.3 Å². The molecule has 5 N–H and O–H groups in total. The van der Waals surface area contributed by atoms with Gasteiger partial charge in [0.25, 0.3) is 0 Å². The first-order valence-electron chi connectivity index (χ1n) is 11.8. The van der Waals surface area contributed by atoms with Crippen molar-refractivity contribution in [2.24, 2.45) is 0 Å². The predicted molar refractivity (Wildman–Crippen MR) is 133 cm³/mol. The van der Waals surface area contributed by atoms with E-state index in [1.54, 1.807) is 12.3 Å². The molecule has 0 amide bonds. The van der Waals surface area contributed by atoms with Crippen molar-refractivity contribution in [3.05, 3.63) is 36.5 Å². The minimum Gasteiger partial charge on any atom is -0.494 e. The van der Waals surface area contributed by atoms with Crippen LogP contribution in [-0.2, 0) is 9.09 Å². The van der Waals surface area contributed by atoms with Crippen LogP contribution in [0.3, 0.4) is 0 Å². The molecule has 34 heavy (non-hydrogen) atoms. The molecule has 1 aromatic heterocycles. The normalized spacial score (nSPS) is 12.1. The maximum Gasteiger partial charge on any atom is 0.469 e. The number of ether oxygens (including phenoxy) is 2. The fourth-order valence-corrected chi connectivity index (χ4v) is 3.91. The minimum absolute atomic E-state index is 0. The van der Waals surface area contributed by atoms with E-state index in [1.165, 1.54) is 58.3 Å². The number of aromatic nitrogens is 2. The molecule has 0 bridgehead atoms. The molecule has 1 heterocycles.